The standard InChI is InChI=1S/C26H33N3O4S/c1-16(2)13-26(23(31)32)14-25(6,15-27)20(21-28-10-11-34-21)29(26)22(30)17-8-9-18(24(3,4)5)19(12-17)33-7/h8-12,16,20H,13-14H2,1-7H3,(H,31,32)/t20-,25-,26-/m0/s1. The zero-order chi connectivity index (χ0) is 25.5. The molecule has 0 radical (unpaired) electrons. The molecule has 2 heterocycles. The van der Waals surface area contributed by atoms with Crippen molar-refractivity contribution < 1.29 is 19.4 Å². The number of carbonyl (C=O) groups excluding carboxylic acids is 1. The molecule has 0 spiro atoms. The lowest BCUT2D eigenvalue weighted by molar-refractivity contribution is -0.150. The Labute approximate surface area is 205 Å². The lowest BCUT2D eigenvalue weighted by Gasteiger charge is -2.39. The molecule has 8 heteroatoms. The average Bonchev–Trinajstić information content (AvgIpc) is 3.36. The third-order valence-electron chi connectivity index (χ3n) is 6.54. The summed E-state index contributed by atoms with van der Waals surface area (Å²) >= 11 is 1.33. The highest BCUT2D eigenvalue weighted by atomic mass is 32.1. The number of carboxylic acid groups (broad SMARTS) is 1. The number of ether oxygens (including phenoxy) is 1. The minimum atomic E-state index is -1.54. The SMILES string of the molecule is COc1cc(C(=O)N2[C@@H](c3nccs3)[C@](C)(C#N)C[C@@]2(CC(C)C)C(=O)O)ccc1C(C)(C)C. The van der Waals surface area contributed by atoms with Gasteiger partial charge in [-0.15, -0.1) is 11.3 Å². The second kappa shape index (κ2) is 9.03. The van der Waals surface area contributed by atoms with Crippen molar-refractivity contribution in [1.82, 2.24) is 9.88 Å². The molecule has 2 aromatic rings. The summed E-state index contributed by atoms with van der Waals surface area (Å²) in [5.41, 5.74) is -1.59. The van der Waals surface area contributed by atoms with Crippen LogP contribution in [0.1, 0.15) is 81.4 Å². The van der Waals surface area contributed by atoms with E-state index >= 15 is 0 Å². The maximum atomic E-state index is 14.2. The summed E-state index contributed by atoms with van der Waals surface area (Å²) in [5, 5.41) is 23.1. The Morgan fingerprint density at radius 3 is 2.53 bits per heavy atom. The van der Waals surface area contributed by atoms with Gasteiger partial charge in [0, 0.05) is 23.6 Å². The predicted octanol–water partition coefficient (Wildman–Crippen LogP) is 5.44. The van der Waals surface area contributed by atoms with Crippen LogP contribution in [0.25, 0.3) is 0 Å². The van der Waals surface area contributed by atoms with E-state index in [-0.39, 0.29) is 24.2 Å². The third-order valence-corrected chi connectivity index (χ3v) is 7.37. The van der Waals surface area contributed by atoms with E-state index in [1.54, 1.807) is 37.7 Å². The number of likely N-dealkylation sites (tertiary alicyclic amines) is 1. The first-order valence-electron chi connectivity index (χ1n) is 11.4. The number of aliphatic carboxylic acids is 1. The van der Waals surface area contributed by atoms with Crippen molar-refractivity contribution in [2.75, 3.05) is 7.11 Å². The summed E-state index contributed by atoms with van der Waals surface area (Å²) in [4.78, 5) is 32.9. The van der Waals surface area contributed by atoms with Crippen LogP contribution in [0.5, 0.6) is 5.75 Å². The van der Waals surface area contributed by atoms with Gasteiger partial charge in [-0.3, -0.25) is 4.79 Å². The molecule has 3 atom stereocenters. The lowest BCUT2D eigenvalue weighted by atomic mass is 9.77. The summed E-state index contributed by atoms with van der Waals surface area (Å²) in [7, 11) is 1.56. The Hall–Kier alpha value is -2.92. The molecule has 182 valence electrons. The number of thiazole rings is 1. The van der Waals surface area contributed by atoms with Gasteiger partial charge in [-0.2, -0.15) is 5.26 Å². The van der Waals surface area contributed by atoms with Crippen LogP contribution < -0.4 is 4.74 Å². The van der Waals surface area contributed by atoms with Gasteiger partial charge in [0.2, 0.25) is 0 Å². The summed E-state index contributed by atoms with van der Waals surface area (Å²) in [6.45, 7) is 11.8. The second-order valence-corrected chi connectivity index (χ2v) is 11.7. The molecular weight excluding hydrogens is 450 g/mol. The van der Waals surface area contributed by atoms with Crippen LogP contribution in [-0.2, 0) is 10.2 Å². The van der Waals surface area contributed by atoms with E-state index in [4.69, 9.17) is 4.74 Å². The number of hydrogen-bond donors (Lipinski definition) is 1. The fourth-order valence-corrected chi connectivity index (χ4v) is 6.06. The van der Waals surface area contributed by atoms with Gasteiger partial charge in [-0.05, 0) is 42.4 Å². The Morgan fingerprint density at radius 1 is 1.38 bits per heavy atom. The van der Waals surface area contributed by atoms with E-state index in [9.17, 15) is 20.0 Å². The Kier molecular flexibility index (Phi) is 6.82. The number of amides is 1. The molecule has 1 aliphatic heterocycles. The smallest absolute Gasteiger partial charge is 0.329 e. The number of aromatic nitrogens is 1. The quantitative estimate of drug-likeness (QED) is 0.587. The number of nitrogens with zero attached hydrogens (tertiary/aromatic N) is 3. The molecule has 1 aromatic heterocycles. The lowest BCUT2D eigenvalue weighted by Crippen LogP contribution is -2.54. The van der Waals surface area contributed by atoms with Gasteiger partial charge < -0.3 is 14.7 Å². The first-order chi connectivity index (χ1) is 15.8. The van der Waals surface area contributed by atoms with Crippen LogP contribution in [0.3, 0.4) is 0 Å². The normalized spacial score (nSPS) is 24.8. The van der Waals surface area contributed by atoms with Gasteiger partial charge in [-0.25, -0.2) is 9.78 Å². The summed E-state index contributed by atoms with van der Waals surface area (Å²) in [6, 6.07) is 6.80. The highest BCUT2D eigenvalue weighted by Gasteiger charge is 2.64. The van der Waals surface area contributed by atoms with E-state index in [0.717, 1.165) is 5.56 Å². The van der Waals surface area contributed by atoms with Crippen LogP contribution in [0.2, 0.25) is 0 Å². The molecule has 0 saturated carbocycles. The predicted molar refractivity (Wildman–Crippen MR) is 131 cm³/mol. The van der Waals surface area contributed by atoms with E-state index in [0.29, 0.717) is 16.3 Å². The minimum absolute atomic E-state index is 0.0119. The van der Waals surface area contributed by atoms with Crippen LogP contribution in [0.4, 0.5) is 0 Å². The second-order valence-electron chi connectivity index (χ2n) is 10.8. The molecule has 0 unspecified atom stereocenters. The van der Waals surface area contributed by atoms with Crippen LogP contribution in [0.15, 0.2) is 29.8 Å². The van der Waals surface area contributed by atoms with E-state index < -0.39 is 28.9 Å². The number of methoxy groups -OCH3 is 1. The van der Waals surface area contributed by atoms with E-state index in [2.05, 4.69) is 31.8 Å². The molecule has 0 bridgehead atoms. The molecule has 3 rings (SSSR count). The van der Waals surface area contributed by atoms with Crippen molar-refractivity contribution in [3.05, 3.63) is 45.9 Å². The van der Waals surface area contributed by atoms with Crippen LogP contribution in [0, 0.1) is 22.7 Å². The molecule has 1 aromatic carbocycles. The van der Waals surface area contributed by atoms with Gasteiger partial charge in [0.15, 0.2) is 0 Å². The van der Waals surface area contributed by atoms with Gasteiger partial charge in [0.05, 0.1) is 18.6 Å². The number of carboxylic acids is 1. The van der Waals surface area contributed by atoms with Gasteiger partial charge in [0.1, 0.15) is 22.3 Å². The highest BCUT2D eigenvalue weighted by molar-refractivity contribution is 7.09. The topological polar surface area (TPSA) is 104 Å². The molecule has 1 fully saturated rings. The molecule has 1 aliphatic rings. The molecule has 1 saturated heterocycles. The van der Waals surface area contributed by atoms with Crippen molar-refractivity contribution in [1.29, 1.82) is 5.26 Å². The molecule has 7 nitrogen and oxygen atoms in total. The molecule has 1 amide bonds. The van der Waals surface area contributed by atoms with Crippen LogP contribution in [-0.4, -0.2) is 39.5 Å². The van der Waals surface area contributed by atoms with Crippen molar-refractivity contribution >= 4 is 23.2 Å². The monoisotopic (exact) mass is 483 g/mol. The van der Waals surface area contributed by atoms with Gasteiger partial charge >= 0.3 is 5.97 Å². The minimum Gasteiger partial charge on any atom is -0.496 e. The molecule has 0 aliphatic carbocycles. The fraction of sp³-hybridized carbons (Fsp3) is 0.538. The third kappa shape index (κ3) is 4.29. The number of benzene rings is 1. The highest BCUT2D eigenvalue weighted by Crippen LogP contribution is 2.57. The van der Waals surface area contributed by atoms with Crippen molar-refractivity contribution in [3.8, 4) is 11.8 Å². The summed E-state index contributed by atoms with van der Waals surface area (Å²) in [6.07, 6.45) is 1.87. The van der Waals surface area contributed by atoms with Crippen molar-refractivity contribution in [3.63, 3.8) is 0 Å². The zero-order valence-electron chi connectivity index (χ0n) is 20.9. The fourth-order valence-electron chi connectivity index (χ4n) is 5.18. The first-order valence-corrected chi connectivity index (χ1v) is 12.2. The average molecular weight is 484 g/mol. The summed E-state index contributed by atoms with van der Waals surface area (Å²) in [5.74, 6) is -0.993. The number of nitriles is 1. The van der Waals surface area contributed by atoms with E-state index in [1.165, 1.54) is 16.2 Å². The maximum Gasteiger partial charge on any atom is 0.329 e. The molecular formula is C26H33N3O4S. The molecule has 1 N–H and O–H groups in total. The van der Waals surface area contributed by atoms with Crippen molar-refractivity contribution in [2.45, 2.75) is 71.4 Å². The molecule has 34 heavy (non-hydrogen) atoms. The largest absolute Gasteiger partial charge is 0.496 e. The summed E-state index contributed by atoms with van der Waals surface area (Å²) < 4.78 is 5.60. The van der Waals surface area contributed by atoms with Crippen molar-refractivity contribution in [2.24, 2.45) is 11.3 Å². The number of hydrogen-bond acceptors (Lipinski definition) is 6. The van der Waals surface area contributed by atoms with Gasteiger partial charge in [-0.1, -0.05) is 40.7 Å². The van der Waals surface area contributed by atoms with Crippen LogP contribution >= 0.6 is 11.3 Å². The first kappa shape index (κ1) is 25.7. The Balaban J connectivity index is 2.26. The zero-order valence-corrected chi connectivity index (χ0v) is 21.7. The Morgan fingerprint density at radius 2 is 2.06 bits per heavy atom. The van der Waals surface area contributed by atoms with Gasteiger partial charge in [0.25, 0.3) is 5.91 Å². The number of carbonyl (C=O) groups is 2. The number of rotatable bonds is 6. The van der Waals surface area contributed by atoms with E-state index in [1.807, 2.05) is 19.9 Å². The Bertz CT molecular complexity index is 1120. The maximum absolute atomic E-state index is 14.2.